The summed E-state index contributed by atoms with van der Waals surface area (Å²) >= 11 is 0. The first kappa shape index (κ1) is 24.9. The predicted octanol–water partition coefficient (Wildman–Crippen LogP) is 1.97. The van der Waals surface area contributed by atoms with Crippen molar-refractivity contribution in [1.82, 2.24) is 15.5 Å². The molecule has 8 nitrogen and oxygen atoms in total. The molecule has 2 atom stereocenters. The first-order valence-electron chi connectivity index (χ1n) is 11.8. The van der Waals surface area contributed by atoms with Crippen molar-refractivity contribution in [2.75, 3.05) is 46.0 Å². The molecule has 1 fully saturated rings. The Balaban J connectivity index is 1.51. The van der Waals surface area contributed by atoms with Crippen molar-refractivity contribution in [2.45, 2.75) is 38.1 Å². The van der Waals surface area contributed by atoms with Crippen molar-refractivity contribution in [3.05, 3.63) is 48.0 Å². The Morgan fingerprint density at radius 3 is 2.70 bits per heavy atom. The molecule has 0 radical (unpaired) electrons. The SMILES string of the molecule is O=C(C[C@@H]1C/C=C/CCC(=O)N[C@@H](c2ccccc2)COC1=O)NCCCN1CCOCC1. The molecular formula is C25H35N3O5. The largest absolute Gasteiger partial charge is 0.463 e. The van der Waals surface area contributed by atoms with E-state index < -0.39 is 17.9 Å². The van der Waals surface area contributed by atoms with E-state index in [0.717, 1.165) is 44.8 Å². The van der Waals surface area contributed by atoms with Crippen LogP contribution in [0.3, 0.4) is 0 Å². The number of benzene rings is 1. The summed E-state index contributed by atoms with van der Waals surface area (Å²) in [5.41, 5.74) is 0.876. The van der Waals surface area contributed by atoms with Gasteiger partial charge in [-0.3, -0.25) is 19.3 Å². The number of amides is 2. The maximum absolute atomic E-state index is 12.8. The minimum Gasteiger partial charge on any atom is -0.463 e. The van der Waals surface area contributed by atoms with E-state index in [0.29, 0.717) is 25.8 Å². The number of cyclic esters (lactones) is 1. The maximum Gasteiger partial charge on any atom is 0.309 e. The molecule has 2 amide bonds. The van der Waals surface area contributed by atoms with Crippen molar-refractivity contribution in [1.29, 1.82) is 0 Å². The minimum atomic E-state index is -0.549. The van der Waals surface area contributed by atoms with Crippen LogP contribution in [0.5, 0.6) is 0 Å². The molecule has 33 heavy (non-hydrogen) atoms. The number of hydrogen-bond acceptors (Lipinski definition) is 6. The third-order valence-corrected chi connectivity index (χ3v) is 5.90. The Kier molecular flexibility index (Phi) is 10.4. The fourth-order valence-electron chi connectivity index (χ4n) is 3.96. The third-order valence-electron chi connectivity index (χ3n) is 5.90. The van der Waals surface area contributed by atoms with Crippen LogP contribution in [-0.2, 0) is 23.9 Å². The number of esters is 1. The Morgan fingerprint density at radius 2 is 1.91 bits per heavy atom. The van der Waals surface area contributed by atoms with Gasteiger partial charge in [0.15, 0.2) is 0 Å². The summed E-state index contributed by atoms with van der Waals surface area (Å²) in [6.45, 7) is 4.92. The van der Waals surface area contributed by atoms with Crippen LogP contribution >= 0.6 is 0 Å². The molecule has 2 N–H and O–H groups in total. The average Bonchev–Trinajstić information content (AvgIpc) is 2.83. The molecular weight excluding hydrogens is 422 g/mol. The third kappa shape index (κ3) is 8.98. The summed E-state index contributed by atoms with van der Waals surface area (Å²) in [5.74, 6) is -1.20. The number of morpholine rings is 1. The zero-order chi connectivity index (χ0) is 23.3. The molecule has 3 rings (SSSR count). The summed E-state index contributed by atoms with van der Waals surface area (Å²) in [4.78, 5) is 39.9. The molecule has 1 aromatic rings. The molecule has 1 saturated heterocycles. The van der Waals surface area contributed by atoms with E-state index >= 15 is 0 Å². The van der Waals surface area contributed by atoms with Crippen molar-refractivity contribution < 1.29 is 23.9 Å². The number of ether oxygens (including phenoxy) is 2. The molecule has 1 aromatic carbocycles. The molecule has 8 heteroatoms. The quantitative estimate of drug-likeness (QED) is 0.369. The second kappa shape index (κ2) is 13.7. The lowest BCUT2D eigenvalue weighted by molar-refractivity contribution is -0.151. The monoisotopic (exact) mass is 457 g/mol. The van der Waals surface area contributed by atoms with E-state index in [1.54, 1.807) is 0 Å². The number of hydrogen-bond donors (Lipinski definition) is 2. The van der Waals surface area contributed by atoms with Crippen molar-refractivity contribution in [3.63, 3.8) is 0 Å². The van der Waals surface area contributed by atoms with Gasteiger partial charge in [0, 0.05) is 32.5 Å². The topological polar surface area (TPSA) is 97.0 Å². The highest BCUT2D eigenvalue weighted by atomic mass is 16.5. The maximum atomic E-state index is 12.8. The second-order valence-electron chi connectivity index (χ2n) is 8.47. The molecule has 0 aromatic heterocycles. The molecule has 180 valence electrons. The molecule has 2 heterocycles. The summed E-state index contributed by atoms with van der Waals surface area (Å²) in [6, 6.07) is 9.04. The van der Waals surface area contributed by atoms with Crippen molar-refractivity contribution in [2.24, 2.45) is 5.92 Å². The normalized spacial score (nSPS) is 24.0. The van der Waals surface area contributed by atoms with E-state index in [2.05, 4.69) is 15.5 Å². The highest BCUT2D eigenvalue weighted by molar-refractivity contribution is 5.83. The number of rotatable bonds is 7. The first-order chi connectivity index (χ1) is 16.1. The summed E-state index contributed by atoms with van der Waals surface area (Å²) in [6.07, 6.45) is 6.06. The highest BCUT2D eigenvalue weighted by Gasteiger charge is 2.25. The smallest absolute Gasteiger partial charge is 0.309 e. The van der Waals surface area contributed by atoms with Gasteiger partial charge in [-0.1, -0.05) is 42.5 Å². The van der Waals surface area contributed by atoms with Gasteiger partial charge < -0.3 is 20.1 Å². The van der Waals surface area contributed by atoms with Gasteiger partial charge in [-0.05, 0) is 31.4 Å². The summed E-state index contributed by atoms with van der Waals surface area (Å²) in [5, 5.41) is 5.88. The Labute approximate surface area is 195 Å². The summed E-state index contributed by atoms with van der Waals surface area (Å²) in [7, 11) is 0. The Hall–Kier alpha value is -2.71. The molecule has 0 bridgehead atoms. The fourth-order valence-corrected chi connectivity index (χ4v) is 3.96. The van der Waals surface area contributed by atoms with Crippen molar-refractivity contribution in [3.8, 4) is 0 Å². The van der Waals surface area contributed by atoms with Gasteiger partial charge in [0.2, 0.25) is 11.8 Å². The van der Waals surface area contributed by atoms with Crippen LogP contribution in [0, 0.1) is 5.92 Å². The van der Waals surface area contributed by atoms with Gasteiger partial charge >= 0.3 is 5.97 Å². The number of allylic oxidation sites excluding steroid dienone is 2. The molecule has 0 aliphatic carbocycles. The zero-order valence-electron chi connectivity index (χ0n) is 19.2. The molecule has 0 saturated carbocycles. The Morgan fingerprint density at radius 1 is 1.12 bits per heavy atom. The van der Waals surface area contributed by atoms with Crippen LogP contribution in [-0.4, -0.2) is 68.7 Å². The number of nitrogens with zero attached hydrogens (tertiary/aromatic N) is 1. The van der Waals surface area contributed by atoms with Crippen LogP contribution in [0.25, 0.3) is 0 Å². The molecule has 0 unspecified atom stereocenters. The number of carbonyl (C=O) groups excluding carboxylic acids is 3. The number of nitrogens with one attached hydrogen (secondary N) is 2. The van der Waals surface area contributed by atoms with Crippen LogP contribution in [0.4, 0.5) is 0 Å². The van der Waals surface area contributed by atoms with Crippen molar-refractivity contribution >= 4 is 17.8 Å². The molecule has 0 spiro atoms. The van der Waals surface area contributed by atoms with Gasteiger partial charge in [0.1, 0.15) is 6.61 Å². The van der Waals surface area contributed by atoms with E-state index in [9.17, 15) is 14.4 Å². The first-order valence-corrected chi connectivity index (χ1v) is 11.8. The highest BCUT2D eigenvalue weighted by Crippen LogP contribution is 2.18. The zero-order valence-corrected chi connectivity index (χ0v) is 19.2. The van der Waals surface area contributed by atoms with E-state index in [4.69, 9.17) is 9.47 Å². The van der Waals surface area contributed by atoms with E-state index in [1.807, 2.05) is 42.5 Å². The van der Waals surface area contributed by atoms with Gasteiger partial charge in [0.05, 0.1) is 25.2 Å². The Bertz CT molecular complexity index is 792. The fraction of sp³-hybridized carbons (Fsp3) is 0.560. The van der Waals surface area contributed by atoms with Crippen LogP contribution in [0.2, 0.25) is 0 Å². The minimum absolute atomic E-state index is 0.0377. The number of carbonyl (C=O) groups is 3. The molecule has 2 aliphatic heterocycles. The van der Waals surface area contributed by atoms with Crippen LogP contribution < -0.4 is 10.6 Å². The lowest BCUT2D eigenvalue weighted by Crippen LogP contribution is -2.38. The van der Waals surface area contributed by atoms with Gasteiger partial charge in [0.25, 0.3) is 0 Å². The van der Waals surface area contributed by atoms with Gasteiger partial charge in [-0.25, -0.2) is 0 Å². The summed E-state index contributed by atoms with van der Waals surface area (Å²) < 4.78 is 10.9. The van der Waals surface area contributed by atoms with Crippen LogP contribution in [0.15, 0.2) is 42.5 Å². The van der Waals surface area contributed by atoms with Gasteiger partial charge in [-0.2, -0.15) is 0 Å². The predicted molar refractivity (Wildman–Crippen MR) is 124 cm³/mol. The lowest BCUT2D eigenvalue weighted by atomic mass is 10.00. The standard InChI is InChI=1S/C25H35N3O5/c29-23-11-6-2-5-10-21(18-24(30)26-12-7-13-28-14-16-32-17-15-28)25(31)33-19-22(27-23)20-8-3-1-4-9-20/h1-5,8-9,21-22H,6-7,10-19H2,(H,26,30)(H,27,29)/b5-2+/t21-,22+/m0/s1. The average molecular weight is 458 g/mol. The van der Waals surface area contributed by atoms with E-state index in [1.165, 1.54) is 0 Å². The van der Waals surface area contributed by atoms with Crippen LogP contribution in [0.1, 0.15) is 43.7 Å². The lowest BCUT2D eigenvalue weighted by Gasteiger charge is -2.26. The molecule has 2 aliphatic rings. The van der Waals surface area contributed by atoms with E-state index in [-0.39, 0.29) is 24.8 Å². The second-order valence-corrected chi connectivity index (χ2v) is 8.47. The van der Waals surface area contributed by atoms with Gasteiger partial charge in [-0.15, -0.1) is 0 Å².